The summed E-state index contributed by atoms with van der Waals surface area (Å²) in [5, 5.41) is 15.2. The molecule has 10 nitrogen and oxygen atoms in total. The first-order chi connectivity index (χ1) is 15.3. The normalized spacial score (nSPS) is 10.7. The van der Waals surface area contributed by atoms with Crippen molar-refractivity contribution in [3.05, 3.63) is 47.1 Å². The maximum atomic E-state index is 12.6. The van der Waals surface area contributed by atoms with Crippen LogP contribution in [0.25, 0.3) is 21.1 Å². The minimum absolute atomic E-state index is 0.238. The average Bonchev–Trinajstić information content (AvgIpc) is 3.46. The van der Waals surface area contributed by atoms with Gasteiger partial charge in [0.15, 0.2) is 5.13 Å². The zero-order chi connectivity index (χ0) is 22.8. The lowest BCUT2D eigenvalue weighted by Crippen LogP contribution is -2.24. The van der Waals surface area contributed by atoms with Gasteiger partial charge in [-0.05, 0) is 25.1 Å². The van der Waals surface area contributed by atoms with Crippen LogP contribution in [0.1, 0.15) is 16.2 Å². The molecule has 0 spiro atoms. The molecule has 3 amide bonds. The van der Waals surface area contributed by atoms with Crippen molar-refractivity contribution < 1.29 is 9.59 Å². The van der Waals surface area contributed by atoms with Crippen LogP contribution >= 0.6 is 22.7 Å². The zero-order valence-electron chi connectivity index (χ0n) is 17.5. The van der Waals surface area contributed by atoms with Gasteiger partial charge in [-0.3, -0.25) is 14.8 Å². The number of amides is 3. The van der Waals surface area contributed by atoms with Gasteiger partial charge in [-0.25, -0.2) is 14.8 Å². The lowest BCUT2D eigenvalue weighted by Gasteiger charge is -2.06. The molecule has 0 saturated heterocycles. The van der Waals surface area contributed by atoms with Crippen LogP contribution in [0, 0.1) is 6.92 Å². The maximum Gasteiger partial charge on any atom is 0.320 e. The minimum Gasteiger partial charge on any atom is -0.382 e. The summed E-state index contributed by atoms with van der Waals surface area (Å²) in [4.78, 5) is 33.6. The lowest BCUT2D eigenvalue weighted by atomic mass is 10.1. The SMILES string of the molecule is CNC(=O)Nc1nc(N)c(-c2nc(-c3cccc(NC(=O)c4cc(C)nn4C)c3)cs2)s1. The van der Waals surface area contributed by atoms with Crippen molar-refractivity contribution in [3.63, 3.8) is 0 Å². The number of aryl methyl sites for hydroxylation is 2. The molecule has 0 bridgehead atoms. The van der Waals surface area contributed by atoms with Gasteiger partial charge in [-0.2, -0.15) is 5.10 Å². The van der Waals surface area contributed by atoms with E-state index in [0.717, 1.165) is 17.0 Å². The zero-order valence-corrected chi connectivity index (χ0v) is 19.1. The highest BCUT2D eigenvalue weighted by atomic mass is 32.1. The third-order valence-electron chi connectivity index (χ3n) is 4.45. The van der Waals surface area contributed by atoms with E-state index in [1.807, 2.05) is 36.6 Å². The Morgan fingerprint density at radius 3 is 2.69 bits per heavy atom. The molecule has 0 radical (unpaired) electrons. The first kappa shape index (κ1) is 21.5. The van der Waals surface area contributed by atoms with Crippen molar-refractivity contribution in [3.8, 4) is 21.1 Å². The molecule has 0 aliphatic rings. The first-order valence-electron chi connectivity index (χ1n) is 9.47. The first-order valence-corrected chi connectivity index (χ1v) is 11.2. The van der Waals surface area contributed by atoms with Crippen molar-refractivity contribution in [2.75, 3.05) is 23.4 Å². The highest BCUT2D eigenvalue weighted by molar-refractivity contribution is 7.23. The van der Waals surface area contributed by atoms with Crippen molar-refractivity contribution in [1.29, 1.82) is 0 Å². The fourth-order valence-electron chi connectivity index (χ4n) is 2.98. The Hall–Kier alpha value is -3.77. The van der Waals surface area contributed by atoms with E-state index in [1.54, 1.807) is 17.8 Å². The van der Waals surface area contributed by atoms with Crippen LogP contribution in [0.5, 0.6) is 0 Å². The Morgan fingerprint density at radius 1 is 1.16 bits per heavy atom. The molecule has 0 aliphatic carbocycles. The van der Waals surface area contributed by atoms with E-state index >= 15 is 0 Å². The van der Waals surface area contributed by atoms with Gasteiger partial charge in [-0.15, -0.1) is 11.3 Å². The standard InChI is InChI=1S/C20H20N8O2S2/c1-10-7-14(28(3)27-10)17(29)23-12-6-4-5-11(8-12)13-9-31-18(24-13)15-16(21)25-20(32-15)26-19(30)22-2/h4-9H,21H2,1-3H3,(H,23,29)(H2,22,25,26,30). The van der Waals surface area contributed by atoms with E-state index in [1.165, 1.54) is 29.7 Å². The number of urea groups is 1. The van der Waals surface area contributed by atoms with Gasteiger partial charge in [-0.1, -0.05) is 23.5 Å². The van der Waals surface area contributed by atoms with Crippen LogP contribution in [0.2, 0.25) is 0 Å². The van der Waals surface area contributed by atoms with Gasteiger partial charge in [0.2, 0.25) is 0 Å². The van der Waals surface area contributed by atoms with Crippen LogP contribution < -0.4 is 21.7 Å². The quantitative estimate of drug-likeness (QED) is 0.353. The summed E-state index contributed by atoms with van der Waals surface area (Å²) in [6.07, 6.45) is 0. The van der Waals surface area contributed by atoms with E-state index in [0.29, 0.717) is 32.2 Å². The molecule has 0 unspecified atom stereocenters. The molecule has 0 fully saturated rings. The molecule has 0 saturated carbocycles. The second-order valence-electron chi connectivity index (χ2n) is 6.80. The van der Waals surface area contributed by atoms with Crippen molar-refractivity contribution in [2.45, 2.75) is 6.92 Å². The second-order valence-corrected chi connectivity index (χ2v) is 8.66. The third kappa shape index (κ3) is 4.45. The molecular weight excluding hydrogens is 448 g/mol. The predicted octanol–water partition coefficient (Wildman–Crippen LogP) is 3.56. The van der Waals surface area contributed by atoms with E-state index in [-0.39, 0.29) is 11.9 Å². The summed E-state index contributed by atoms with van der Waals surface area (Å²) in [5.41, 5.74) is 9.51. The summed E-state index contributed by atoms with van der Waals surface area (Å²) in [7, 11) is 3.25. The minimum atomic E-state index is -0.370. The number of rotatable bonds is 5. The number of nitrogens with one attached hydrogen (secondary N) is 3. The number of aromatic nitrogens is 4. The number of hydrogen-bond donors (Lipinski definition) is 4. The molecule has 164 valence electrons. The number of nitrogen functional groups attached to an aromatic ring is 1. The topological polar surface area (TPSA) is 140 Å². The number of anilines is 3. The molecule has 0 atom stereocenters. The highest BCUT2D eigenvalue weighted by Crippen LogP contribution is 2.38. The molecule has 4 aromatic rings. The van der Waals surface area contributed by atoms with Crippen molar-refractivity contribution in [2.24, 2.45) is 7.05 Å². The Kier molecular flexibility index (Phi) is 5.88. The number of thiazole rings is 2. The Bertz CT molecular complexity index is 1310. The molecule has 0 aliphatic heterocycles. The summed E-state index contributed by atoms with van der Waals surface area (Å²) in [5.74, 6) is 0.0626. The number of nitrogens with two attached hydrogens (primary N) is 1. The molecule has 3 aromatic heterocycles. The predicted molar refractivity (Wildman–Crippen MR) is 127 cm³/mol. The third-order valence-corrected chi connectivity index (χ3v) is 6.43. The van der Waals surface area contributed by atoms with Crippen LogP contribution in [-0.4, -0.2) is 38.7 Å². The van der Waals surface area contributed by atoms with Gasteiger partial charge in [0.05, 0.1) is 11.4 Å². The largest absolute Gasteiger partial charge is 0.382 e. The maximum absolute atomic E-state index is 12.6. The molecule has 12 heteroatoms. The number of carbonyl (C=O) groups is 2. The van der Waals surface area contributed by atoms with Crippen molar-refractivity contribution in [1.82, 2.24) is 25.1 Å². The fraction of sp³-hybridized carbons (Fsp3) is 0.150. The fourth-order valence-corrected chi connectivity index (χ4v) is 4.79. The molecule has 1 aromatic carbocycles. The van der Waals surface area contributed by atoms with Gasteiger partial charge < -0.3 is 16.4 Å². The number of nitrogens with zero attached hydrogens (tertiary/aromatic N) is 4. The summed E-state index contributed by atoms with van der Waals surface area (Å²) >= 11 is 2.67. The van der Waals surface area contributed by atoms with Crippen LogP contribution in [0.15, 0.2) is 35.7 Å². The van der Waals surface area contributed by atoms with Gasteiger partial charge in [0.25, 0.3) is 5.91 Å². The van der Waals surface area contributed by atoms with Gasteiger partial charge >= 0.3 is 6.03 Å². The number of hydrogen-bond acceptors (Lipinski definition) is 8. The van der Waals surface area contributed by atoms with Crippen LogP contribution in [0.4, 0.5) is 21.4 Å². The van der Waals surface area contributed by atoms with Crippen LogP contribution in [-0.2, 0) is 7.05 Å². The van der Waals surface area contributed by atoms with Crippen molar-refractivity contribution >= 4 is 51.2 Å². The molecular formula is C20H20N8O2S2. The number of benzene rings is 1. The smallest absolute Gasteiger partial charge is 0.320 e. The molecule has 3 heterocycles. The van der Waals surface area contributed by atoms with E-state index in [2.05, 4.69) is 31.0 Å². The van der Waals surface area contributed by atoms with Gasteiger partial charge in [0.1, 0.15) is 21.4 Å². The van der Waals surface area contributed by atoms with Gasteiger partial charge in [0, 0.05) is 30.7 Å². The summed E-state index contributed by atoms with van der Waals surface area (Å²) in [6, 6.07) is 8.80. The lowest BCUT2D eigenvalue weighted by molar-refractivity contribution is 0.101. The van der Waals surface area contributed by atoms with E-state index in [4.69, 9.17) is 5.73 Å². The second kappa shape index (κ2) is 8.77. The highest BCUT2D eigenvalue weighted by Gasteiger charge is 2.17. The Labute approximate surface area is 191 Å². The van der Waals surface area contributed by atoms with E-state index in [9.17, 15) is 9.59 Å². The summed E-state index contributed by atoms with van der Waals surface area (Å²) in [6.45, 7) is 1.84. The number of carbonyl (C=O) groups excluding carboxylic acids is 2. The Balaban J connectivity index is 1.54. The van der Waals surface area contributed by atoms with E-state index < -0.39 is 0 Å². The summed E-state index contributed by atoms with van der Waals surface area (Å²) < 4.78 is 1.55. The molecule has 4 rings (SSSR count). The van der Waals surface area contributed by atoms with Crippen LogP contribution in [0.3, 0.4) is 0 Å². The average molecular weight is 469 g/mol. The molecule has 32 heavy (non-hydrogen) atoms. The molecule has 5 N–H and O–H groups in total. The monoisotopic (exact) mass is 468 g/mol. The Morgan fingerprint density at radius 2 is 1.97 bits per heavy atom.